The van der Waals surface area contributed by atoms with Gasteiger partial charge in [-0.25, -0.2) is 0 Å². The summed E-state index contributed by atoms with van der Waals surface area (Å²) in [6.07, 6.45) is -2.50. The molecule has 3 nitrogen and oxygen atoms in total. The first-order valence-corrected chi connectivity index (χ1v) is 6.15. The zero-order valence-corrected chi connectivity index (χ0v) is 11.5. The van der Waals surface area contributed by atoms with E-state index in [9.17, 15) is 18.0 Å². The lowest BCUT2D eigenvalue weighted by atomic mass is 10.1. The Morgan fingerprint density at radius 2 is 1.90 bits per heavy atom. The number of halogens is 4. The first-order chi connectivity index (χ1) is 8.97. The largest absolute Gasteiger partial charge is 0.416 e. The fourth-order valence-electron chi connectivity index (χ4n) is 2.05. The van der Waals surface area contributed by atoms with Crippen LogP contribution in [0.25, 0.3) is 0 Å². The highest BCUT2D eigenvalue weighted by atomic mass is 35.5. The number of alkyl halides is 3. The van der Waals surface area contributed by atoms with Crippen LogP contribution in [0.4, 0.5) is 13.2 Å². The van der Waals surface area contributed by atoms with Gasteiger partial charge in [0.05, 0.1) is 5.56 Å². The molecule has 1 amide bonds. The van der Waals surface area contributed by atoms with Gasteiger partial charge in [-0.15, -0.1) is 12.4 Å². The van der Waals surface area contributed by atoms with Crippen LogP contribution in [0.1, 0.15) is 28.8 Å². The SMILES string of the molecule is Cl.O=C(N[C@H]1CCCNC1)c1ccc(C(F)(F)F)cc1. The molecule has 1 atom stereocenters. The van der Waals surface area contributed by atoms with E-state index in [1.807, 2.05) is 0 Å². The van der Waals surface area contributed by atoms with Crippen molar-refractivity contribution in [2.24, 2.45) is 0 Å². The van der Waals surface area contributed by atoms with Gasteiger partial charge in [-0.1, -0.05) is 0 Å². The van der Waals surface area contributed by atoms with Gasteiger partial charge in [-0.2, -0.15) is 13.2 Å². The molecule has 0 aromatic heterocycles. The molecule has 2 N–H and O–H groups in total. The van der Waals surface area contributed by atoms with Crippen LogP contribution in [0, 0.1) is 0 Å². The maximum atomic E-state index is 12.4. The van der Waals surface area contributed by atoms with Crippen molar-refractivity contribution in [3.8, 4) is 0 Å². The van der Waals surface area contributed by atoms with Crippen molar-refractivity contribution in [2.75, 3.05) is 13.1 Å². The minimum atomic E-state index is -4.37. The molecule has 112 valence electrons. The van der Waals surface area contributed by atoms with E-state index in [1.165, 1.54) is 12.1 Å². The highest BCUT2D eigenvalue weighted by Gasteiger charge is 2.30. The lowest BCUT2D eigenvalue weighted by molar-refractivity contribution is -0.137. The maximum Gasteiger partial charge on any atom is 0.416 e. The number of hydrogen-bond donors (Lipinski definition) is 2. The molecule has 0 unspecified atom stereocenters. The topological polar surface area (TPSA) is 41.1 Å². The molecule has 0 aliphatic carbocycles. The second-order valence-corrected chi connectivity index (χ2v) is 4.59. The summed E-state index contributed by atoms with van der Waals surface area (Å²) in [5.74, 6) is -0.331. The summed E-state index contributed by atoms with van der Waals surface area (Å²) < 4.78 is 37.2. The van der Waals surface area contributed by atoms with E-state index in [0.717, 1.165) is 31.5 Å². The third-order valence-corrected chi connectivity index (χ3v) is 3.11. The summed E-state index contributed by atoms with van der Waals surface area (Å²) in [7, 11) is 0. The monoisotopic (exact) mass is 308 g/mol. The molecule has 7 heteroatoms. The Kier molecular flexibility index (Phi) is 5.83. The molecule has 1 aromatic carbocycles. The third kappa shape index (κ3) is 4.38. The second-order valence-electron chi connectivity index (χ2n) is 4.59. The molecule has 1 aromatic rings. The van der Waals surface area contributed by atoms with Gasteiger partial charge in [0.25, 0.3) is 5.91 Å². The number of piperidine rings is 1. The summed E-state index contributed by atoms with van der Waals surface area (Å²) >= 11 is 0. The molecule has 1 aliphatic heterocycles. The zero-order chi connectivity index (χ0) is 13.9. The molecule has 0 spiro atoms. The highest BCUT2D eigenvalue weighted by molar-refractivity contribution is 5.94. The van der Waals surface area contributed by atoms with Gasteiger partial charge < -0.3 is 10.6 Å². The van der Waals surface area contributed by atoms with Crippen molar-refractivity contribution in [1.82, 2.24) is 10.6 Å². The molecular formula is C13H16ClF3N2O. The van der Waals surface area contributed by atoms with E-state index < -0.39 is 11.7 Å². The molecule has 1 heterocycles. The predicted molar refractivity (Wildman–Crippen MR) is 72.0 cm³/mol. The molecule has 0 saturated carbocycles. The van der Waals surface area contributed by atoms with E-state index in [-0.39, 0.29) is 29.9 Å². The van der Waals surface area contributed by atoms with Crippen LogP contribution in [0.3, 0.4) is 0 Å². The molecule has 1 saturated heterocycles. The normalized spacial score (nSPS) is 19.1. The average molecular weight is 309 g/mol. The summed E-state index contributed by atoms with van der Waals surface area (Å²) in [6, 6.07) is 4.30. The summed E-state index contributed by atoms with van der Waals surface area (Å²) in [4.78, 5) is 11.9. The van der Waals surface area contributed by atoms with Crippen LogP contribution < -0.4 is 10.6 Å². The van der Waals surface area contributed by atoms with E-state index in [1.54, 1.807) is 0 Å². The Bertz CT molecular complexity index is 442. The molecular weight excluding hydrogens is 293 g/mol. The highest BCUT2D eigenvalue weighted by Crippen LogP contribution is 2.29. The van der Waals surface area contributed by atoms with Crippen molar-refractivity contribution in [2.45, 2.75) is 25.1 Å². The van der Waals surface area contributed by atoms with E-state index in [0.29, 0.717) is 6.54 Å². The molecule has 1 fully saturated rings. The van der Waals surface area contributed by atoms with Gasteiger partial charge >= 0.3 is 6.18 Å². The maximum absolute atomic E-state index is 12.4. The summed E-state index contributed by atoms with van der Waals surface area (Å²) in [5.41, 5.74) is -0.498. The average Bonchev–Trinajstić information content (AvgIpc) is 2.39. The molecule has 20 heavy (non-hydrogen) atoms. The van der Waals surface area contributed by atoms with E-state index >= 15 is 0 Å². The zero-order valence-electron chi connectivity index (χ0n) is 10.7. The van der Waals surface area contributed by atoms with Gasteiger partial charge in [0.1, 0.15) is 0 Å². The van der Waals surface area contributed by atoms with E-state index in [2.05, 4.69) is 10.6 Å². The molecule has 0 radical (unpaired) electrons. The Morgan fingerprint density at radius 1 is 1.25 bits per heavy atom. The van der Waals surface area contributed by atoms with Crippen molar-refractivity contribution in [3.05, 3.63) is 35.4 Å². The van der Waals surface area contributed by atoms with Gasteiger partial charge in [0.15, 0.2) is 0 Å². The summed E-state index contributed by atoms with van der Waals surface area (Å²) in [5, 5.41) is 5.97. The summed E-state index contributed by atoms with van der Waals surface area (Å²) in [6.45, 7) is 1.64. The fourth-order valence-corrected chi connectivity index (χ4v) is 2.05. The smallest absolute Gasteiger partial charge is 0.348 e. The number of carbonyl (C=O) groups is 1. The third-order valence-electron chi connectivity index (χ3n) is 3.11. The van der Waals surface area contributed by atoms with Crippen molar-refractivity contribution < 1.29 is 18.0 Å². The number of nitrogens with one attached hydrogen (secondary N) is 2. The van der Waals surface area contributed by atoms with Gasteiger partial charge in [-0.3, -0.25) is 4.79 Å². The molecule has 2 rings (SSSR count). The molecule has 1 aliphatic rings. The first-order valence-electron chi connectivity index (χ1n) is 6.15. The van der Waals surface area contributed by atoms with Gasteiger partial charge in [0, 0.05) is 18.2 Å². The van der Waals surface area contributed by atoms with Crippen LogP contribution in [0.5, 0.6) is 0 Å². The fraction of sp³-hybridized carbons (Fsp3) is 0.462. The first kappa shape index (κ1) is 16.8. The van der Waals surface area contributed by atoms with Crippen LogP contribution in [-0.4, -0.2) is 25.0 Å². The Labute approximate surface area is 121 Å². The van der Waals surface area contributed by atoms with Gasteiger partial charge in [0.2, 0.25) is 0 Å². The standard InChI is InChI=1S/C13H15F3N2O.ClH/c14-13(15,16)10-5-3-9(4-6-10)12(19)18-11-2-1-7-17-8-11;/h3-6,11,17H,1-2,7-8H2,(H,18,19);1H/t11-;/m0./s1. The number of amides is 1. The second kappa shape index (κ2) is 6.95. The van der Waals surface area contributed by atoms with Crippen molar-refractivity contribution in [1.29, 1.82) is 0 Å². The van der Waals surface area contributed by atoms with Crippen molar-refractivity contribution >= 4 is 18.3 Å². The number of carbonyl (C=O) groups excluding carboxylic acids is 1. The van der Waals surface area contributed by atoms with E-state index in [4.69, 9.17) is 0 Å². The number of rotatable bonds is 2. The lowest BCUT2D eigenvalue weighted by Crippen LogP contribution is -2.45. The van der Waals surface area contributed by atoms with Gasteiger partial charge in [-0.05, 0) is 43.7 Å². The Hall–Kier alpha value is -1.27. The Balaban J connectivity index is 0.00000200. The minimum Gasteiger partial charge on any atom is -0.348 e. The van der Waals surface area contributed by atoms with Crippen molar-refractivity contribution in [3.63, 3.8) is 0 Å². The minimum absolute atomic E-state index is 0. The lowest BCUT2D eigenvalue weighted by Gasteiger charge is -2.23. The van der Waals surface area contributed by atoms with Crippen LogP contribution >= 0.6 is 12.4 Å². The quantitative estimate of drug-likeness (QED) is 0.882. The van der Waals surface area contributed by atoms with Crippen LogP contribution in [0.15, 0.2) is 24.3 Å². The number of hydrogen-bond acceptors (Lipinski definition) is 2. The number of benzene rings is 1. The Morgan fingerprint density at radius 3 is 2.40 bits per heavy atom. The van der Waals surface area contributed by atoms with Crippen LogP contribution in [-0.2, 0) is 6.18 Å². The molecule has 0 bridgehead atoms. The van der Waals surface area contributed by atoms with Crippen LogP contribution in [0.2, 0.25) is 0 Å². The predicted octanol–water partition coefficient (Wildman–Crippen LogP) is 2.61.